The number of fused-ring (bicyclic) bond motifs is 1. The van der Waals surface area contributed by atoms with Crippen molar-refractivity contribution in [3.05, 3.63) is 45.8 Å². The van der Waals surface area contributed by atoms with Gasteiger partial charge in [-0.2, -0.15) is 0 Å². The van der Waals surface area contributed by atoms with E-state index in [-0.39, 0.29) is 11.8 Å². The van der Waals surface area contributed by atoms with Gasteiger partial charge in [-0.25, -0.2) is 0 Å². The molecule has 0 saturated heterocycles. The van der Waals surface area contributed by atoms with Crippen molar-refractivity contribution >= 4 is 5.78 Å². The third-order valence-electron chi connectivity index (χ3n) is 2.94. The van der Waals surface area contributed by atoms with Crippen molar-refractivity contribution < 1.29 is 4.79 Å². The first-order chi connectivity index (χ1) is 7.83. The minimum atomic E-state index is -0.189. The molecule has 0 radical (unpaired) electrons. The summed E-state index contributed by atoms with van der Waals surface area (Å²) in [6.45, 7) is 0. The third kappa shape index (κ3) is 2.07. The smallest absolute Gasteiger partial charge is 0.163 e. The molecule has 0 fully saturated rings. The maximum atomic E-state index is 11.9. The van der Waals surface area contributed by atoms with Crippen LogP contribution in [0.25, 0.3) is 10.4 Å². The zero-order chi connectivity index (χ0) is 11.4. The van der Waals surface area contributed by atoms with Gasteiger partial charge in [0, 0.05) is 16.9 Å². The summed E-state index contributed by atoms with van der Waals surface area (Å²) in [5.74, 6) is 0.161. The number of rotatable bonds is 1. The maximum Gasteiger partial charge on any atom is 0.163 e. The van der Waals surface area contributed by atoms with Gasteiger partial charge >= 0.3 is 0 Å². The highest BCUT2D eigenvalue weighted by Crippen LogP contribution is 2.30. The Morgan fingerprint density at radius 3 is 2.94 bits per heavy atom. The second kappa shape index (κ2) is 4.81. The van der Waals surface area contributed by atoms with Crippen LogP contribution in [0.15, 0.2) is 29.4 Å². The fraction of sp³-hybridized carbons (Fsp3) is 0.417. The molecule has 0 spiro atoms. The van der Waals surface area contributed by atoms with Gasteiger partial charge in [0.1, 0.15) is 0 Å². The Morgan fingerprint density at radius 1 is 1.31 bits per heavy atom. The molecular formula is C12H13N3O. The van der Waals surface area contributed by atoms with Crippen LogP contribution in [-0.2, 0) is 0 Å². The maximum absolute atomic E-state index is 11.9. The monoisotopic (exact) mass is 215 g/mol. The lowest BCUT2D eigenvalue weighted by molar-refractivity contribution is 0.0975. The average Bonchev–Trinajstić information content (AvgIpc) is 2.31. The molecule has 1 aliphatic carbocycles. The van der Waals surface area contributed by atoms with E-state index in [0.717, 1.165) is 30.4 Å². The van der Waals surface area contributed by atoms with E-state index in [1.54, 1.807) is 0 Å². The van der Waals surface area contributed by atoms with Crippen LogP contribution in [-0.4, -0.2) is 5.78 Å². The highest BCUT2D eigenvalue weighted by molar-refractivity contribution is 5.97. The van der Waals surface area contributed by atoms with Crippen LogP contribution in [0.5, 0.6) is 0 Å². The van der Waals surface area contributed by atoms with E-state index in [1.165, 1.54) is 0 Å². The zero-order valence-electron chi connectivity index (χ0n) is 8.97. The molecule has 1 aromatic carbocycles. The van der Waals surface area contributed by atoms with E-state index >= 15 is 0 Å². The molecule has 1 aliphatic rings. The van der Waals surface area contributed by atoms with Gasteiger partial charge in [0.25, 0.3) is 0 Å². The Labute approximate surface area is 93.9 Å². The molecule has 82 valence electrons. The van der Waals surface area contributed by atoms with Crippen LogP contribution in [0.3, 0.4) is 0 Å². The molecule has 0 amide bonds. The van der Waals surface area contributed by atoms with Gasteiger partial charge in [0.2, 0.25) is 0 Å². The van der Waals surface area contributed by atoms with Gasteiger partial charge in [-0.3, -0.25) is 4.79 Å². The summed E-state index contributed by atoms with van der Waals surface area (Å²) in [6.07, 6.45) is 3.24. The van der Waals surface area contributed by atoms with Crippen molar-refractivity contribution in [2.24, 2.45) is 5.11 Å². The molecule has 4 nitrogen and oxygen atoms in total. The molecule has 0 N–H and O–H groups in total. The molecule has 0 aliphatic heterocycles. The number of ketones is 1. The van der Waals surface area contributed by atoms with Gasteiger partial charge in [0.05, 0.1) is 6.04 Å². The summed E-state index contributed by atoms with van der Waals surface area (Å²) in [5, 5.41) is 3.79. The highest BCUT2D eigenvalue weighted by atomic mass is 16.1. The molecular weight excluding hydrogens is 202 g/mol. The summed E-state index contributed by atoms with van der Waals surface area (Å²) in [4.78, 5) is 14.7. The largest absolute Gasteiger partial charge is 0.294 e. The van der Waals surface area contributed by atoms with Crippen LogP contribution in [0.4, 0.5) is 0 Å². The Hall–Kier alpha value is -1.80. The summed E-state index contributed by atoms with van der Waals surface area (Å²) in [7, 11) is 0. The van der Waals surface area contributed by atoms with Gasteiger partial charge in [-0.15, -0.1) is 0 Å². The van der Waals surface area contributed by atoms with E-state index in [0.29, 0.717) is 6.42 Å². The first-order valence-corrected chi connectivity index (χ1v) is 5.49. The van der Waals surface area contributed by atoms with Crippen LogP contribution >= 0.6 is 0 Å². The van der Waals surface area contributed by atoms with E-state index in [1.807, 2.05) is 24.3 Å². The predicted molar refractivity (Wildman–Crippen MR) is 61.1 cm³/mol. The van der Waals surface area contributed by atoms with Crippen LogP contribution in [0.1, 0.15) is 47.6 Å². The van der Waals surface area contributed by atoms with Crippen LogP contribution < -0.4 is 0 Å². The Morgan fingerprint density at radius 2 is 2.12 bits per heavy atom. The second-order valence-corrected chi connectivity index (χ2v) is 3.98. The summed E-state index contributed by atoms with van der Waals surface area (Å²) in [6, 6.07) is 7.25. The topological polar surface area (TPSA) is 65.8 Å². The molecule has 1 atom stereocenters. The number of Topliss-reactive ketones (excluding diaryl/α,β-unsaturated/α-hetero) is 1. The Bertz CT molecular complexity index is 449. The van der Waals surface area contributed by atoms with E-state index < -0.39 is 0 Å². The summed E-state index contributed by atoms with van der Waals surface area (Å²) >= 11 is 0. The van der Waals surface area contributed by atoms with Crippen molar-refractivity contribution in [2.45, 2.75) is 31.7 Å². The lowest BCUT2D eigenvalue weighted by atomic mass is 9.89. The van der Waals surface area contributed by atoms with Gasteiger partial charge < -0.3 is 0 Å². The predicted octanol–water partition coefficient (Wildman–Crippen LogP) is 3.79. The lowest BCUT2D eigenvalue weighted by Gasteiger charge is -2.18. The summed E-state index contributed by atoms with van der Waals surface area (Å²) in [5.41, 5.74) is 10.1. The number of hydrogen-bond acceptors (Lipinski definition) is 2. The fourth-order valence-electron chi connectivity index (χ4n) is 2.14. The molecule has 4 heteroatoms. The van der Waals surface area contributed by atoms with Crippen molar-refractivity contribution in [1.82, 2.24) is 0 Å². The molecule has 0 saturated carbocycles. The Balaban J connectivity index is 2.48. The third-order valence-corrected chi connectivity index (χ3v) is 2.94. The number of benzene rings is 1. The zero-order valence-corrected chi connectivity index (χ0v) is 8.97. The number of hydrogen-bond donors (Lipinski definition) is 0. The quantitative estimate of drug-likeness (QED) is 0.399. The van der Waals surface area contributed by atoms with Crippen LogP contribution in [0.2, 0.25) is 0 Å². The number of nitrogens with zero attached hydrogens (tertiary/aromatic N) is 3. The molecule has 0 heterocycles. The van der Waals surface area contributed by atoms with E-state index in [9.17, 15) is 4.79 Å². The van der Waals surface area contributed by atoms with E-state index in [2.05, 4.69) is 10.0 Å². The molecule has 1 aromatic rings. The molecule has 1 unspecified atom stereocenters. The number of carbonyl (C=O) groups excluding carboxylic acids is 1. The standard InChI is InChI=1S/C12H13N3O/c13-15-14-11-7-3-4-8-12(16)10-6-2-1-5-9(10)11/h1-2,5-6,11H,3-4,7-8H2. The van der Waals surface area contributed by atoms with E-state index in [4.69, 9.17) is 5.53 Å². The summed E-state index contributed by atoms with van der Waals surface area (Å²) < 4.78 is 0. The SMILES string of the molecule is [N-]=[N+]=NC1CCCCC(=O)c2ccccc21. The molecule has 0 aromatic heterocycles. The molecule has 16 heavy (non-hydrogen) atoms. The van der Waals surface area contributed by atoms with Crippen molar-refractivity contribution in [3.8, 4) is 0 Å². The lowest BCUT2D eigenvalue weighted by Crippen LogP contribution is -2.10. The Kier molecular flexibility index (Phi) is 3.22. The van der Waals surface area contributed by atoms with Crippen molar-refractivity contribution in [3.63, 3.8) is 0 Å². The minimum absolute atomic E-state index is 0.161. The normalized spacial score (nSPS) is 20.2. The van der Waals surface area contributed by atoms with Crippen molar-refractivity contribution in [1.29, 1.82) is 0 Å². The molecule has 2 rings (SSSR count). The van der Waals surface area contributed by atoms with Gasteiger partial charge in [-0.05, 0) is 23.9 Å². The highest BCUT2D eigenvalue weighted by Gasteiger charge is 2.20. The first-order valence-electron chi connectivity index (χ1n) is 5.49. The van der Waals surface area contributed by atoms with Crippen LogP contribution in [0, 0.1) is 0 Å². The van der Waals surface area contributed by atoms with Gasteiger partial charge in [-0.1, -0.05) is 35.8 Å². The fourth-order valence-corrected chi connectivity index (χ4v) is 2.14. The first kappa shape index (κ1) is 10.7. The minimum Gasteiger partial charge on any atom is -0.294 e. The van der Waals surface area contributed by atoms with Crippen molar-refractivity contribution in [2.75, 3.05) is 0 Å². The number of carbonyl (C=O) groups is 1. The second-order valence-electron chi connectivity index (χ2n) is 3.98. The van der Waals surface area contributed by atoms with Gasteiger partial charge in [0.15, 0.2) is 5.78 Å². The molecule has 0 bridgehead atoms. The number of azide groups is 1. The average molecular weight is 215 g/mol.